The molecule has 0 aliphatic carbocycles. The van der Waals surface area contributed by atoms with Crippen LogP contribution in [0.3, 0.4) is 0 Å². The van der Waals surface area contributed by atoms with E-state index in [2.05, 4.69) is 13.8 Å². The summed E-state index contributed by atoms with van der Waals surface area (Å²) in [4.78, 5) is 10.6. The molecule has 0 saturated carbocycles. The Morgan fingerprint density at radius 3 is 2.55 bits per heavy atom. The Hall–Kier alpha value is 0.400. The molecule has 66 valence electrons. The molecule has 1 atom stereocenters. The fraction of sp³-hybridized carbons (Fsp3) is 0.889. The summed E-state index contributed by atoms with van der Waals surface area (Å²) >= 11 is 1.87. The van der Waals surface area contributed by atoms with E-state index < -0.39 is 0 Å². The van der Waals surface area contributed by atoms with Gasteiger partial charge in [-0.25, -0.2) is 0 Å². The summed E-state index contributed by atoms with van der Waals surface area (Å²) in [5, 5.41) is 0. The van der Waals surface area contributed by atoms with E-state index in [0.717, 1.165) is 18.8 Å². The Labute approximate surface area is 83.1 Å². The van der Waals surface area contributed by atoms with E-state index in [1.807, 2.05) is 22.6 Å². The van der Waals surface area contributed by atoms with Crippen molar-refractivity contribution in [1.29, 1.82) is 0 Å². The first kappa shape index (κ1) is 11.4. The Kier molecular flexibility index (Phi) is 7.33. The fourth-order valence-corrected chi connectivity index (χ4v) is 1.61. The zero-order valence-electron chi connectivity index (χ0n) is 7.40. The van der Waals surface area contributed by atoms with Crippen LogP contribution in [0.2, 0.25) is 0 Å². The van der Waals surface area contributed by atoms with Crippen LogP contribution in [0.5, 0.6) is 0 Å². The van der Waals surface area contributed by atoms with Crippen LogP contribution >= 0.6 is 22.6 Å². The molecule has 0 N–H and O–H groups in total. The predicted octanol–water partition coefficient (Wildman–Crippen LogP) is 3.55. The van der Waals surface area contributed by atoms with E-state index in [0.29, 0.717) is 3.79 Å². The molecule has 1 nitrogen and oxygen atoms in total. The molecule has 11 heavy (non-hydrogen) atoms. The summed E-state index contributed by atoms with van der Waals surface area (Å²) < 4.78 is 0.297. The second-order valence-corrected chi connectivity index (χ2v) is 4.34. The number of carbonyl (C=O) groups is 1. The van der Waals surface area contributed by atoms with Crippen LogP contribution in [0.15, 0.2) is 0 Å². The molecular formula is C9H17IO. The Morgan fingerprint density at radius 1 is 1.45 bits per heavy atom. The van der Waals surface area contributed by atoms with Crippen molar-refractivity contribution >= 4 is 26.4 Å². The molecule has 0 aromatic rings. The van der Waals surface area contributed by atoms with Gasteiger partial charge in [-0.2, -0.15) is 0 Å². The number of halogens is 1. The first-order valence-corrected chi connectivity index (χ1v) is 5.43. The molecule has 2 heteroatoms. The Morgan fingerprint density at radius 2 is 2.09 bits per heavy atom. The van der Waals surface area contributed by atoms with Gasteiger partial charge >= 0.3 is 0 Å². The van der Waals surface area contributed by atoms with Crippen molar-refractivity contribution in [2.24, 2.45) is 5.92 Å². The van der Waals surface area contributed by atoms with E-state index in [9.17, 15) is 4.79 Å². The second-order valence-electron chi connectivity index (χ2n) is 3.14. The van der Waals surface area contributed by atoms with Crippen molar-refractivity contribution in [2.45, 2.75) is 46.0 Å². The zero-order chi connectivity index (χ0) is 8.69. The van der Waals surface area contributed by atoms with Crippen LogP contribution in [0, 0.1) is 5.92 Å². The van der Waals surface area contributed by atoms with E-state index >= 15 is 0 Å². The Bertz CT molecular complexity index is 112. The zero-order valence-corrected chi connectivity index (χ0v) is 9.56. The number of hydrogen-bond donors (Lipinski definition) is 0. The molecule has 0 amide bonds. The average Bonchev–Trinajstić information content (AvgIpc) is 1.87. The summed E-state index contributed by atoms with van der Waals surface area (Å²) in [6, 6.07) is 0. The highest BCUT2D eigenvalue weighted by molar-refractivity contribution is 14.1. The molecule has 1 unspecified atom stereocenters. The summed E-state index contributed by atoms with van der Waals surface area (Å²) in [5.74, 6) is 0.802. The van der Waals surface area contributed by atoms with Gasteiger partial charge in [0.1, 0.15) is 0 Å². The van der Waals surface area contributed by atoms with Gasteiger partial charge in [-0.05, 0) is 34.9 Å². The lowest BCUT2D eigenvalue weighted by atomic mass is 10.00. The van der Waals surface area contributed by atoms with Gasteiger partial charge in [0.15, 0.2) is 3.79 Å². The van der Waals surface area contributed by atoms with Crippen molar-refractivity contribution in [3.63, 3.8) is 0 Å². The molecule has 0 rings (SSSR count). The molecule has 0 aromatic heterocycles. The SMILES string of the molecule is CCCC(C)CCCC(=O)I. The summed E-state index contributed by atoms with van der Waals surface area (Å²) in [6.45, 7) is 4.47. The lowest BCUT2D eigenvalue weighted by Gasteiger charge is -2.07. The molecular weight excluding hydrogens is 251 g/mol. The normalized spacial score (nSPS) is 13.0. The Balaban J connectivity index is 3.16. The molecule has 0 heterocycles. The van der Waals surface area contributed by atoms with Crippen LogP contribution < -0.4 is 0 Å². The maximum atomic E-state index is 10.6. The van der Waals surface area contributed by atoms with Crippen molar-refractivity contribution < 1.29 is 4.79 Å². The number of carbonyl (C=O) groups excluding carboxylic acids is 1. The van der Waals surface area contributed by atoms with Crippen LogP contribution in [0.4, 0.5) is 0 Å². The molecule has 0 aliphatic heterocycles. The summed E-state index contributed by atoms with van der Waals surface area (Å²) in [6.07, 6.45) is 5.61. The maximum absolute atomic E-state index is 10.6. The second kappa shape index (κ2) is 7.07. The first-order valence-electron chi connectivity index (χ1n) is 4.35. The van der Waals surface area contributed by atoms with E-state index in [4.69, 9.17) is 0 Å². The van der Waals surface area contributed by atoms with Gasteiger partial charge in [0.05, 0.1) is 0 Å². The standard InChI is InChI=1S/C9H17IO/c1-3-5-8(2)6-4-7-9(10)11/h8H,3-7H2,1-2H3. The van der Waals surface area contributed by atoms with Crippen molar-refractivity contribution in [3.05, 3.63) is 0 Å². The lowest BCUT2D eigenvalue weighted by molar-refractivity contribution is -0.109. The van der Waals surface area contributed by atoms with E-state index in [1.165, 1.54) is 19.3 Å². The van der Waals surface area contributed by atoms with Crippen molar-refractivity contribution in [3.8, 4) is 0 Å². The minimum absolute atomic E-state index is 0.297. The van der Waals surface area contributed by atoms with Gasteiger partial charge < -0.3 is 0 Å². The highest BCUT2D eigenvalue weighted by Gasteiger charge is 2.01. The topological polar surface area (TPSA) is 17.1 Å². The first-order chi connectivity index (χ1) is 5.16. The largest absolute Gasteiger partial charge is 0.288 e. The third-order valence-corrected chi connectivity index (χ3v) is 2.39. The smallest absolute Gasteiger partial charge is 0.192 e. The molecule has 0 aromatic carbocycles. The van der Waals surface area contributed by atoms with Gasteiger partial charge in [0.25, 0.3) is 0 Å². The van der Waals surface area contributed by atoms with Crippen LogP contribution in [-0.2, 0) is 4.79 Å². The van der Waals surface area contributed by atoms with Crippen LogP contribution in [0.25, 0.3) is 0 Å². The molecule has 0 saturated heterocycles. The van der Waals surface area contributed by atoms with Crippen molar-refractivity contribution in [2.75, 3.05) is 0 Å². The number of rotatable bonds is 6. The molecule has 0 fully saturated rings. The minimum Gasteiger partial charge on any atom is -0.288 e. The fourth-order valence-electron chi connectivity index (χ4n) is 1.23. The van der Waals surface area contributed by atoms with Crippen LogP contribution in [-0.4, -0.2) is 3.79 Å². The minimum atomic E-state index is 0.297. The highest BCUT2D eigenvalue weighted by atomic mass is 127. The molecule has 0 radical (unpaired) electrons. The van der Waals surface area contributed by atoms with Gasteiger partial charge in [0, 0.05) is 6.42 Å². The summed E-state index contributed by atoms with van der Waals surface area (Å²) in [5.41, 5.74) is 0. The van der Waals surface area contributed by atoms with E-state index in [-0.39, 0.29) is 0 Å². The average molecular weight is 268 g/mol. The molecule has 0 spiro atoms. The third kappa shape index (κ3) is 8.30. The van der Waals surface area contributed by atoms with Gasteiger partial charge in [-0.1, -0.05) is 33.1 Å². The van der Waals surface area contributed by atoms with Gasteiger partial charge in [-0.3, -0.25) is 4.79 Å². The monoisotopic (exact) mass is 268 g/mol. The third-order valence-electron chi connectivity index (χ3n) is 1.85. The maximum Gasteiger partial charge on any atom is 0.192 e. The summed E-state index contributed by atoms with van der Waals surface area (Å²) in [7, 11) is 0. The van der Waals surface area contributed by atoms with Gasteiger partial charge in [-0.15, -0.1) is 0 Å². The highest BCUT2D eigenvalue weighted by Crippen LogP contribution is 2.14. The van der Waals surface area contributed by atoms with E-state index in [1.54, 1.807) is 0 Å². The molecule has 0 aliphatic rings. The molecule has 0 bridgehead atoms. The van der Waals surface area contributed by atoms with Crippen LogP contribution in [0.1, 0.15) is 46.0 Å². The van der Waals surface area contributed by atoms with Gasteiger partial charge in [0.2, 0.25) is 0 Å². The van der Waals surface area contributed by atoms with Crippen molar-refractivity contribution in [1.82, 2.24) is 0 Å². The lowest BCUT2D eigenvalue weighted by Crippen LogP contribution is -1.95. The predicted molar refractivity (Wildman–Crippen MR) is 57.0 cm³/mol. The quantitative estimate of drug-likeness (QED) is 0.531. The number of hydrogen-bond acceptors (Lipinski definition) is 1.